The van der Waals surface area contributed by atoms with Crippen LogP contribution in [0.1, 0.15) is 19.8 Å². The summed E-state index contributed by atoms with van der Waals surface area (Å²) < 4.78 is 4.48. The first kappa shape index (κ1) is 8.94. The Balaban J connectivity index is 3.35. The highest BCUT2D eigenvalue weighted by Gasteiger charge is 2.06. The summed E-state index contributed by atoms with van der Waals surface area (Å²) in [4.78, 5) is 20.3. The molecule has 0 spiro atoms. The van der Waals surface area contributed by atoms with E-state index in [1.54, 1.807) is 0 Å². The zero-order valence-electron chi connectivity index (χ0n) is 5.79. The van der Waals surface area contributed by atoms with Gasteiger partial charge in [0.1, 0.15) is 6.42 Å². The van der Waals surface area contributed by atoms with Gasteiger partial charge in [0.25, 0.3) is 0 Å². The van der Waals surface area contributed by atoms with Crippen LogP contribution in [0.15, 0.2) is 0 Å². The molecule has 0 bridgehead atoms. The first-order valence-electron chi connectivity index (χ1n) is 3.04. The minimum Gasteiger partial charge on any atom is -0.481 e. The lowest BCUT2D eigenvalue weighted by molar-refractivity contribution is -0.151. The van der Waals surface area contributed by atoms with E-state index in [2.05, 4.69) is 4.74 Å². The van der Waals surface area contributed by atoms with Gasteiger partial charge in [-0.1, -0.05) is 6.92 Å². The number of hydrogen-bond acceptors (Lipinski definition) is 3. The molecule has 0 atom stereocenters. The fourth-order valence-corrected chi connectivity index (χ4v) is 0.390. The van der Waals surface area contributed by atoms with Crippen molar-refractivity contribution in [2.75, 3.05) is 6.61 Å². The first-order chi connectivity index (χ1) is 4.66. The maximum absolute atomic E-state index is 10.4. The quantitative estimate of drug-likeness (QED) is 0.461. The lowest BCUT2D eigenvalue weighted by atomic mass is 10.4. The van der Waals surface area contributed by atoms with E-state index < -0.39 is 18.4 Å². The summed E-state index contributed by atoms with van der Waals surface area (Å²) in [5.74, 6) is -1.82. The SMILES string of the molecule is CCCOC(=O)CC(=O)O. The second kappa shape index (κ2) is 4.78. The Morgan fingerprint density at radius 3 is 2.50 bits per heavy atom. The number of carboxylic acids is 1. The van der Waals surface area contributed by atoms with Crippen molar-refractivity contribution in [3.63, 3.8) is 0 Å². The van der Waals surface area contributed by atoms with Crippen LogP contribution in [0.5, 0.6) is 0 Å². The van der Waals surface area contributed by atoms with Gasteiger partial charge in [-0.25, -0.2) is 0 Å². The molecular formula is C6H10O4. The van der Waals surface area contributed by atoms with Crippen molar-refractivity contribution in [2.24, 2.45) is 0 Å². The van der Waals surface area contributed by atoms with Crippen LogP contribution in [0.2, 0.25) is 0 Å². The summed E-state index contributed by atoms with van der Waals surface area (Å²) in [6, 6.07) is 0. The number of aliphatic carboxylic acids is 1. The zero-order chi connectivity index (χ0) is 7.98. The largest absolute Gasteiger partial charge is 0.481 e. The summed E-state index contributed by atoms with van der Waals surface area (Å²) in [5.41, 5.74) is 0. The maximum atomic E-state index is 10.4. The molecule has 0 aliphatic carbocycles. The molecule has 0 aromatic heterocycles. The van der Waals surface area contributed by atoms with Gasteiger partial charge in [0.2, 0.25) is 0 Å². The highest BCUT2D eigenvalue weighted by molar-refractivity contribution is 5.90. The second-order valence-corrected chi connectivity index (χ2v) is 1.79. The van der Waals surface area contributed by atoms with E-state index in [4.69, 9.17) is 5.11 Å². The molecule has 0 amide bonds. The molecule has 1 N–H and O–H groups in total. The van der Waals surface area contributed by atoms with Gasteiger partial charge in [-0.3, -0.25) is 9.59 Å². The van der Waals surface area contributed by atoms with Crippen molar-refractivity contribution in [2.45, 2.75) is 19.8 Å². The molecule has 0 saturated carbocycles. The van der Waals surface area contributed by atoms with Crippen LogP contribution in [-0.2, 0) is 14.3 Å². The van der Waals surface area contributed by atoms with Crippen LogP contribution < -0.4 is 0 Å². The Morgan fingerprint density at radius 2 is 2.10 bits per heavy atom. The number of carboxylic acid groups (broad SMARTS) is 1. The molecular weight excluding hydrogens is 136 g/mol. The van der Waals surface area contributed by atoms with E-state index in [1.807, 2.05) is 6.92 Å². The first-order valence-corrected chi connectivity index (χ1v) is 3.04. The maximum Gasteiger partial charge on any atom is 0.317 e. The Labute approximate surface area is 58.8 Å². The van der Waals surface area contributed by atoms with Crippen LogP contribution >= 0.6 is 0 Å². The highest BCUT2D eigenvalue weighted by atomic mass is 16.5. The molecule has 58 valence electrons. The van der Waals surface area contributed by atoms with Gasteiger partial charge in [0.15, 0.2) is 0 Å². The zero-order valence-corrected chi connectivity index (χ0v) is 5.79. The number of ether oxygens (including phenoxy) is 1. The Morgan fingerprint density at radius 1 is 1.50 bits per heavy atom. The van der Waals surface area contributed by atoms with Gasteiger partial charge in [-0.15, -0.1) is 0 Å². The fraction of sp³-hybridized carbons (Fsp3) is 0.667. The van der Waals surface area contributed by atoms with E-state index in [0.717, 1.165) is 0 Å². The average molecular weight is 146 g/mol. The lowest BCUT2D eigenvalue weighted by Gasteiger charge is -1.98. The third-order valence-corrected chi connectivity index (χ3v) is 0.763. The van der Waals surface area contributed by atoms with Crippen LogP contribution in [-0.4, -0.2) is 23.7 Å². The molecule has 0 radical (unpaired) electrons. The van der Waals surface area contributed by atoms with Crippen molar-refractivity contribution in [1.29, 1.82) is 0 Å². The molecule has 0 fully saturated rings. The summed E-state index contributed by atoms with van der Waals surface area (Å²) in [5, 5.41) is 8.08. The minimum absolute atomic E-state index is 0.298. The van der Waals surface area contributed by atoms with E-state index in [9.17, 15) is 9.59 Å². The fourth-order valence-electron chi connectivity index (χ4n) is 0.390. The normalized spacial score (nSPS) is 8.90. The number of rotatable bonds is 4. The van der Waals surface area contributed by atoms with Crippen LogP contribution in [0.25, 0.3) is 0 Å². The third kappa shape index (κ3) is 5.08. The summed E-state index contributed by atoms with van der Waals surface area (Å²) >= 11 is 0. The third-order valence-electron chi connectivity index (χ3n) is 0.763. The van der Waals surface area contributed by atoms with Crippen molar-refractivity contribution >= 4 is 11.9 Å². The van der Waals surface area contributed by atoms with Gasteiger partial charge in [-0.05, 0) is 6.42 Å². The molecule has 0 rings (SSSR count). The van der Waals surface area contributed by atoms with Crippen molar-refractivity contribution in [3.05, 3.63) is 0 Å². The average Bonchev–Trinajstić information content (AvgIpc) is 1.82. The minimum atomic E-state index is -1.15. The van der Waals surface area contributed by atoms with Crippen molar-refractivity contribution < 1.29 is 19.4 Å². The molecule has 4 heteroatoms. The molecule has 0 aromatic carbocycles. The standard InChI is InChI=1S/C6H10O4/c1-2-3-10-6(9)4-5(7)8/h2-4H2,1H3,(H,7,8). The molecule has 0 aromatic rings. The van der Waals surface area contributed by atoms with Gasteiger partial charge in [0.05, 0.1) is 6.61 Å². The van der Waals surface area contributed by atoms with Gasteiger partial charge >= 0.3 is 11.9 Å². The number of esters is 1. The second-order valence-electron chi connectivity index (χ2n) is 1.79. The molecule has 0 saturated heterocycles. The van der Waals surface area contributed by atoms with Gasteiger partial charge < -0.3 is 9.84 Å². The van der Waals surface area contributed by atoms with E-state index in [-0.39, 0.29) is 0 Å². The van der Waals surface area contributed by atoms with Crippen molar-refractivity contribution in [1.82, 2.24) is 0 Å². The number of hydrogen-bond donors (Lipinski definition) is 1. The predicted molar refractivity (Wildman–Crippen MR) is 33.5 cm³/mol. The summed E-state index contributed by atoms with van der Waals surface area (Å²) in [7, 11) is 0. The molecule has 0 heterocycles. The van der Waals surface area contributed by atoms with E-state index >= 15 is 0 Å². The van der Waals surface area contributed by atoms with Crippen molar-refractivity contribution in [3.8, 4) is 0 Å². The Hall–Kier alpha value is -1.06. The molecule has 10 heavy (non-hydrogen) atoms. The van der Waals surface area contributed by atoms with Gasteiger partial charge in [0, 0.05) is 0 Å². The van der Waals surface area contributed by atoms with Crippen LogP contribution in [0, 0.1) is 0 Å². The molecule has 0 aliphatic heterocycles. The number of carbonyl (C=O) groups excluding carboxylic acids is 1. The Kier molecular flexibility index (Phi) is 4.28. The highest BCUT2D eigenvalue weighted by Crippen LogP contribution is 1.87. The van der Waals surface area contributed by atoms with Crippen LogP contribution in [0.4, 0.5) is 0 Å². The van der Waals surface area contributed by atoms with E-state index in [1.165, 1.54) is 0 Å². The summed E-state index contributed by atoms with van der Waals surface area (Å²) in [6.45, 7) is 2.14. The topological polar surface area (TPSA) is 63.6 Å². The smallest absolute Gasteiger partial charge is 0.317 e. The molecule has 4 nitrogen and oxygen atoms in total. The molecule has 0 aliphatic rings. The van der Waals surface area contributed by atoms with Crippen LogP contribution in [0.3, 0.4) is 0 Å². The monoisotopic (exact) mass is 146 g/mol. The van der Waals surface area contributed by atoms with E-state index in [0.29, 0.717) is 13.0 Å². The predicted octanol–water partition coefficient (Wildman–Crippen LogP) is 0.414. The Bertz CT molecular complexity index is 130. The van der Waals surface area contributed by atoms with Gasteiger partial charge in [-0.2, -0.15) is 0 Å². The summed E-state index contributed by atoms with van der Waals surface area (Å²) in [6.07, 6.45) is 0.172. The lowest BCUT2D eigenvalue weighted by Crippen LogP contribution is -2.10. The number of carbonyl (C=O) groups is 2. The molecule has 0 unspecified atom stereocenters.